The molecule has 0 spiro atoms. The van der Waals surface area contributed by atoms with E-state index in [0.29, 0.717) is 11.4 Å². The number of nitrogens with zero attached hydrogens (tertiary/aromatic N) is 2. The fraction of sp³-hybridized carbons (Fsp3) is 0.320. The van der Waals surface area contributed by atoms with E-state index in [2.05, 4.69) is 47.2 Å². The standard InChI is InChI=1S/C25H29N5O2/c1-24(2)15-20(17-11-7-5-8-12-17)27-21-19(16-26-30(21)24)22(31)28-29-23(32)25(3,4)18-13-9-6-10-14-18/h5-14,16,20,27H,15H2,1-4H3,(H,28,31)(H,29,32). The number of fused-ring (bicyclic) bond motifs is 1. The molecule has 0 saturated carbocycles. The smallest absolute Gasteiger partial charge is 0.275 e. The number of rotatable bonds is 4. The molecule has 3 aromatic rings. The normalized spacial score (nSPS) is 17.1. The Morgan fingerprint density at radius 3 is 2.31 bits per heavy atom. The largest absolute Gasteiger partial charge is 0.363 e. The maximum atomic E-state index is 13.0. The highest BCUT2D eigenvalue weighted by molar-refractivity contribution is 6.00. The van der Waals surface area contributed by atoms with Gasteiger partial charge in [0.25, 0.3) is 5.91 Å². The van der Waals surface area contributed by atoms with Gasteiger partial charge >= 0.3 is 0 Å². The Labute approximate surface area is 188 Å². The van der Waals surface area contributed by atoms with Crippen LogP contribution >= 0.6 is 0 Å². The Balaban J connectivity index is 1.51. The van der Waals surface area contributed by atoms with E-state index in [1.807, 2.05) is 67.1 Å². The number of amides is 2. The SMILES string of the molecule is CC(C)(C(=O)NNC(=O)c1cnn2c1NC(c1ccccc1)CC2(C)C)c1ccccc1. The van der Waals surface area contributed by atoms with E-state index in [1.165, 1.54) is 0 Å². The lowest BCUT2D eigenvalue weighted by molar-refractivity contribution is -0.126. The third kappa shape index (κ3) is 3.98. The van der Waals surface area contributed by atoms with Crippen LogP contribution in [-0.4, -0.2) is 21.6 Å². The van der Waals surface area contributed by atoms with E-state index in [1.54, 1.807) is 6.20 Å². The zero-order valence-corrected chi connectivity index (χ0v) is 18.8. The minimum absolute atomic E-state index is 0.0496. The molecule has 1 aliphatic heterocycles. The molecule has 2 heterocycles. The molecule has 4 rings (SSSR count). The Bertz CT molecular complexity index is 1120. The van der Waals surface area contributed by atoms with Gasteiger partial charge in [0.05, 0.1) is 23.2 Å². The molecule has 1 atom stereocenters. The van der Waals surface area contributed by atoms with Gasteiger partial charge in [0, 0.05) is 0 Å². The number of hydrogen-bond donors (Lipinski definition) is 3. The van der Waals surface area contributed by atoms with Crippen molar-refractivity contribution in [2.75, 3.05) is 5.32 Å². The summed E-state index contributed by atoms with van der Waals surface area (Å²) >= 11 is 0. The third-order valence-corrected chi connectivity index (χ3v) is 6.16. The van der Waals surface area contributed by atoms with Crippen LogP contribution in [0.5, 0.6) is 0 Å². The van der Waals surface area contributed by atoms with Gasteiger partial charge in [0.15, 0.2) is 0 Å². The van der Waals surface area contributed by atoms with E-state index in [0.717, 1.165) is 17.5 Å². The number of hydrazine groups is 1. The number of carbonyl (C=O) groups excluding carboxylic acids is 2. The van der Waals surface area contributed by atoms with E-state index in [-0.39, 0.29) is 17.5 Å². The van der Waals surface area contributed by atoms with Crippen LogP contribution in [-0.2, 0) is 15.7 Å². The predicted octanol–water partition coefficient (Wildman–Crippen LogP) is 3.91. The second-order valence-electron chi connectivity index (χ2n) is 9.34. The van der Waals surface area contributed by atoms with Crippen molar-refractivity contribution >= 4 is 17.6 Å². The first-order valence-electron chi connectivity index (χ1n) is 10.8. The zero-order valence-electron chi connectivity index (χ0n) is 18.8. The van der Waals surface area contributed by atoms with E-state index >= 15 is 0 Å². The summed E-state index contributed by atoms with van der Waals surface area (Å²) in [7, 11) is 0. The summed E-state index contributed by atoms with van der Waals surface area (Å²) in [5.74, 6) is -0.0711. The summed E-state index contributed by atoms with van der Waals surface area (Å²) in [6.07, 6.45) is 2.37. The number of aromatic nitrogens is 2. The average Bonchev–Trinajstić information content (AvgIpc) is 3.23. The summed E-state index contributed by atoms with van der Waals surface area (Å²) in [6, 6.07) is 19.7. The molecule has 1 unspecified atom stereocenters. The van der Waals surface area contributed by atoms with Crippen molar-refractivity contribution in [1.82, 2.24) is 20.6 Å². The van der Waals surface area contributed by atoms with Crippen LogP contribution in [0.3, 0.4) is 0 Å². The summed E-state index contributed by atoms with van der Waals surface area (Å²) in [4.78, 5) is 25.8. The van der Waals surface area contributed by atoms with Crippen molar-refractivity contribution in [2.45, 2.75) is 51.1 Å². The highest BCUT2D eigenvalue weighted by Crippen LogP contribution is 2.39. The highest BCUT2D eigenvalue weighted by Gasteiger charge is 2.37. The van der Waals surface area contributed by atoms with Gasteiger partial charge in [0.2, 0.25) is 5.91 Å². The molecule has 0 saturated heterocycles. The summed E-state index contributed by atoms with van der Waals surface area (Å²) in [6.45, 7) is 7.85. The van der Waals surface area contributed by atoms with Gasteiger partial charge in [-0.15, -0.1) is 0 Å². The van der Waals surface area contributed by atoms with E-state index < -0.39 is 11.3 Å². The fourth-order valence-corrected chi connectivity index (χ4v) is 4.12. The summed E-state index contributed by atoms with van der Waals surface area (Å²) in [5.41, 5.74) is 6.46. The van der Waals surface area contributed by atoms with Gasteiger partial charge in [-0.05, 0) is 45.2 Å². The molecule has 7 heteroatoms. The molecule has 0 bridgehead atoms. The predicted molar refractivity (Wildman–Crippen MR) is 124 cm³/mol. The molecule has 2 aromatic carbocycles. The van der Waals surface area contributed by atoms with Crippen molar-refractivity contribution in [3.63, 3.8) is 0 Å². The number of nitrogens with one attached hydrogen (secondary N) is 3. The van der Waals surface area contributed by atoms with Crippen LogP contribution in [0.1, 0.15) is 61.6 Å². The molecule has 1 aromatic heterocycles. The lowest BCUT2D eigenvalue weighted by Gasteiger charge is -2.38. The molecule has 0 fully saturated rings. The van der Waals surface area contributed by atoms with Gasteiger partial charge in [-0.3, -0.25) is 20.4 Å². The fourth-order valence-electron chi connectivity index (χ4n) is 4.12. The van der Waals surface area contributed by atoms with Crippen LogP contribution in [0.15, 0.2) is 66.9 Å². The van der Waals surface area contributed by atoms with Crippen LogP contribution in [0.25, 0.3) is 0 Å². The lowest BCUT2D eigenvalue weighted by atomic mass is 9.84. The topological polar surface area (TPSA) is 88.1 Å². The second-order valence-corrected chi connectivity index (χ2v) is 9.34. The van der Waals surface area contributed by atoms with Crippen molar-refractivity contribution in [3.8, 4) is 0 Å². The first kappa shape index (κ1) is 21.6. The Hall–Kier alpha value is -3.61. The first-order valence-corrected chi connectivity index (χ1v) is 10.8. The van der Waals surface area contributed by atoms with Crippen molar-refractivity contribution < 1.29 is 9.59 Å². The van der Waals surface area contributed by atoms with Gasteiger partial charge in [-0.2, -0.15) is 5.10 Å². The minimum atomic E-state index is -0.800. The molecular weight excluding hydrogens is 402 g/mol. The lowest BCUT2D eigenvalue weighted by Crippen LogP contribution is -2.49. The molecule has 0 aliphatic carbocycles. The van der Waals surface area contributed by atoms with Crippen molar-refractivity contribution in [3.05, 3.63) is 83.6 Å². The molecule has 2 amide bonds. The Kier molecular flexibility index (Phi) is 5.50. The number of anilines is 1. The van der Waals surface area contributed by atoms with Gasteiger partial charge in [-0.1, -0.05) is 60.7 Å². The molecular formula is C25H29N5O2. The summed E-state index contributed by atoms with van der Waals surface area (Å²) in [5, 5.41) is 7.93. The van der Waals surface area contributed by atoms with Gasteiger partial charge in [0.1, 0.15) is 11.4 Å². The van der Waals surface area contributed by atoms with E-state index in [9.17, 15) is 9.59 Å². The van der Waals surface area contributed by atoms with Crippen LogP contribution in [0.2, 0.25) is 0 Å². The molecule has 7 nitrogen and oxygen atoms in total. The van der Waals surface area contributed by atoms with Crippen molar-refractivity contribution in [1.29, 1.82) is 0 Å². The quantitative estimate of drug-likeness (QED) is 0.547. The maximum absolute atomic E-state index is 13.0. The third-order valence-electron chi connectivity index (χ3n) is 6.16. The van der Waals surface area contributed by atoms with Gasteiger partial charge in [-0.25, -0.2) is 4.68 Å². The average molecular weight is 432 g/mol. The van der Waals surface area contributed by atoms with Crippen LogP contribution < -0.4 is 16.2 Å². The molecule has 32 heavy (non-hydrogen) atoms. The first-order chi connectivity index (χ1) is 15.2. The number of benzene rings is 2. The molecule has 1 aliphatic rings. The number of carbonyl (C=O) groups is 2. The second kappa shape index (κ2) is 8.15. The minimum Gasteiger partial charge on any atom is -0.363 e. The monoisotopic (exact) mass is 431 g/mol. The van der Waals surface area contributed by atoms with Gasteiger partial charge < -0.3 is 5.32 Å². The molecule has 0 radical (unpaired) electrons. The molecule has 166 valence electrons. The van der Waals surface area contributed by atoms with Crippen LogP contribution in [0, 0.1) is 0 Å². The Morgan fingerprint density at radius 2 is 1.66 bits per heavy atom. The Morgan fingerprint density at radius 1 is 1.03 bits per heavy atom. The highest BCUT2D eigenvalue weighted by atomic mass is 16.2. The maximum Gasteiger partial charge on any atom is 0.275 e. The summed E-state index contributed by atoms with van der Waals surface area (Å²) < 4.78 is 1.84. The van der Waals surface area contributed by atoms with Crippen molar-refractivity contribution in [2.24, 2.45) is 0 Å². The van der Waals surface area contributed by atoms with Crippen LogP contribution in [0.4, 0.5) is 5.82 Å². The zero-order chi connectivity index (χ0) is 22.9. The number of hydrogen-bond acceptors (Lipinski definition) is 4. The molecule has 3 N–H and O–H groups in total. The van der Waals surface area contributed by atoms with E-state index in [4.69, 9.17) is 0 Å².